The molecule has 6 heteroatoms. The van der Waals surface area contributed by atoms with Crippen LogP contribution in [-0.2, 0) is 10.3 Å². The predicted octanol–water partition coefficient (Wildman–Crippen LogP) is 1.46. The van der Waals surface area contributed by atoms with E-state index in [1.165, 1.54) is 0 Å². The minimum Gasteiger partial charge on any atom is -1.00 e. The fourth-order valence-electron chi connectivity index (χ4n) is 4.05. The van der Waals surface area contributed by atoms with Gasteiger partial charge < -0.3 is 27.0 Å². The summed E-state index contributed by atoms with van der Waals surface area (Å²) in [5, 5.41) is 12.7. The molecule has 0 aliphatic carbocycles. The van der Waals surface area contributed by atoms with Gasteiger partial charge in [-0.1, -0.05) is 49.2 Å². The largest absolute Gasteiger partial charge is 1.00 e. The Morgan fingerprint density at radius 2 is 1.72 bits per heavy atom. The molecule has 0 aromatic heterocycles. The maximum atomic E-state index is 12.0. The van der Waals surface area contributed by atoms with Gasteiger partial charge in [0.2, 0.25) is 0 Å². The van der Waals surface area contributed by atoms with Crippen molar-refractivity contribution in [2.24, 2.45) is 0 Å². The number of nitrogens with zero attached hydrogens (tertiary/aromatic N) is 1. The zero-order chi connectivity index (χ0) is 20.0. The van der Waals surface area contributed by atoms with E-state index in [-0.39, 0.29) is 18.3 Å². The SMILES string of the molecule is CCCC(O)(c1ccc(OC)cc1)C(CN1CCOCC1)c1ccc(Cl)cc1.[Cl-]. The Bertz CT molecular complexity index is 733. The molecule has 2 unspecified atom stereocenters. The van der Waals surface area contributed by atoms with Gasteiger partial charge in [-0.15, -0.1) is 0 Å². The number of halogens is 2. The van der Waals surface area contributed by atoms with E-state index < -0.39 is 5.60 Å². The first-order chi connectivity index (χ1) is 13.6. The molecule has 1 aliphatic rings. The van der Waals surface area contributed by atoms with E-state index in [0.717, 1.165) is 56.1 Å². The first-order valence-corrected chi connectivity index (χ1v) is 10.4. The first-order valence-electron chi connectivity index (χ1n) is 9.99. The van der Waals surface area contributed by atoms with Gasteiger partial charge in [0.05, 0.1) is 25.9 Å². The third kappa shape index (κ3) is 5.87. The summed E-state index contributed by atoms with van der Waals surface area (Å²) >= 11 is 6.13. The van der Waals surface area contributed by atoms with Crippen molar-refractivity contribution in [2.75, 3.05) is 40.0 Å². The van der Waals surface area contributed by atoms with E-state index in [2.05, 4.69) is 11.8 Å². The maximum Gasteiger partial charge on any atom is 0.118 e. The molecular formula is C23H30Cl2NO3-. The summed E-state index contributed by atoms with van der Waals surface area (Å²) in [6.07, 6.45) is 1.56. The normalized spacial score (nSPS) is 17.8. The van der Waals surface area contributed by atoms with Gasteiger partial charge >= 0.3 is 0 Å². The first kappa shape index (κ1) is 24.0. The molecule has 0 bridgehead atoms. The van der Waals surface area contributed by atoms with Crippen molar-refractivity contribution < 1.29 is 27.0 Å². The van der Waals surface area contributed by atoms with Crippen molar-refractivity contribution in [2.45, 2.75) is 31.3 Å². The summed E-state index contributed by atoms with van der Waals surface area (Å²) in [7, 11) is 1.65. The van der Waals surface area contributed by atoms with Gasteiger partial charge in [0, 0.05) is 30.6 Å². The Hall–Kier alpha value is -1.30. The van der Waals surface area contributed by atoms with Crippen LogP contribution < -0.4 is 17.1 Å². The second kappa shape index (κ2) is 11.2. The number of rotatable bonds is 8. The molecule has 0 saturated carbocycles. The lowest BCUT2D eigenvalue weighted by Gasteiger charge is -2.41. The molecule has 1 aliphatic heterocycles. The summed E-state index contributed by atoms with van der Waals surface area (Å²) < 4.78 is 10.8. The van der Waals surface area contributed by atoms with Crippen LogP contribution in [0.15, 0.2) is 48.5 Å². The third-order valence-electron chi connectivity index (χ3n) is 5.61. The standard InChI is InChI=1S/C23H30ClNO3.ClH/c1-3-12-23(26,19-6-10-21(27-2)11-7-19)22(17-25-13-15-28-16-14-25)18-4-8-20(24)9-5-18;/h4-11,22,26H,3,12-17H2,1-2H3;1H/p-1. The monoisotopic (exact) mass is 438 g/mol. The smallest absolute Gasteiger partial charge is 0.118 e. The molecule has 1 heterocycles. The molecule has 0 amide bonds. The highest BCUT2D eigenvalue weighted by molar-refractivity contribution is 6.30. The summed E-state index contributed by atoms with van der Waals surface area (Å²) in [6.45, 7) is 6.13. The molecule has 2 atom stereocenters. The van der Waals surface area contributed by atoms with Crippen LogP contribution in [0.5, 0.6) is 5.75 Å². The van der Waals surface area contributed by atoms with Gasteiger partial charge in [0.1, 0.15) is 5.75 Å². The van der Waals surface area contributed by atoms with E-state index in [1.807, 2.05) is 48.5 Å². The molecule has 1 saturated heterocycles. The van der Waals surface area contributed by atoms with Crippen molar-refractivity contribution in [1.29, 1.82) is 0 Å². The number of hydrogen-bond donors (Lipinski definition) is 1. The molecule has 2 aromatic carbocycles. The van der Waals surface area contributed by atoms with E-state index >= 15 is 0 Å². The lowest BCUT2D eigenvalue weighted by atomic mass is 9.74. The number of benzene rings is 2. The number of ether oxygens (including phenoxy) is 2. The molecule has 3 rings (SSSR count). The average Bonchev–Trinajstić information content (AvgIpc) is 2.74. The maximum absolute atomic E-state index is 12.0. The Morgan fingerprint density at radius 1 is 1.10 bits per heavy atom. The van der Waals surface area contributed by atoms with Gasteiger partial charge in [-0.25, -0.2) is 0 Å². The molecular weight excluding hydrogens is 409 g/mol. The molecule has 4 nitrogen and oxygen atoms in total. The quantitative estimate of drug-likeness (QED) is 0.677. The Balaban J connectivity index is 0.00000300. The minimum atomic E-state index is -0.979. The predicted molar refractivity (Wildman–Crippen MR) is 113 cm³/mol. The number of aliphatic hydroxyl groups is 1. The lowest BCUT2D eigenvalue weighted by Crippen LogP contribution is -3.00. The number of methoxy groups -OCH3 is 1. The van der Waals surface area contributed by atoms with Crippen LogP contribution >= 0.6 is 11.6 Å². The zero-order valence-electron chi connectivity index (χ0n) is 17.1. The van der Waals surface area contributed by atoms with Crippen LogP contribution in [0.25, 0.3) is 0 Å². The molecule has 1 N–H and O–H groups in total. The number of hydrogen-bond acceptors (Lipinski definition) is 4. The van der Waals surface area contributed by atoms with Crippen molar-refractivity contribution in [3.63, 3.8) is 0 Å². The highest BCUT2D eigenvalue weighted by atomic mass is 35.5. The molecule has 160 valence electrons. The van der Waals surface area contributed by atoms with E-state index in [9.17, 15) is 5.11 Å². The van der Waals surface area contributed by atoms with E-state index in [1.54, 1.807) is 7.11 Å². The Morgan fingerprint density at radius 3 is 2.28 bits per heavy atom. The van der Waals surface area contributed by atoms with E-state index in [0.29, 0.717) is 11.4 Å². The second-order valence-corrected chi connectivity index (χ2v) is 7.86. The summed E-state index contributed by atoms with van der Waals surface area (Å²) in [6, 6.07) is 15.7. The lowest BCUT2D eigenvalue weighted by molar-refractivity contribution is -0.0285. The van der Waals surface area contributed by atoms with Gasteiger partial charge in [-0.3, -0.25) is 4.90 Å². The fourth-order valence-corrected chi connectivity index (χ4v) is 4.18. The van der Waals surface area contributed by atoms with Crippen molar-refractivity contribution in [1.82, 2.24) is 4.90 Å². The van der Waals surface area contributed by atoms with Gasteiger partial charge in [-0.05, 0) is 41.8 Å². The van der Waals surface area contributed by atoms with E-state index in [4.69, 9.17) is 21.1 Å². The summed E-state index contributed by atoms with van der Waals surface area (Å²) in [5.74, 6) is 0.718. The summed E-state index contributed by atoms with van der Waals surface area (Å²) in [5.41, 5.74) is 1.04. The number of morpholine rings is 1. The second-order valence-electron chi connectivity index (χ2n) is 7.42. The van der Waals surface area contributed by atoms with Crippen LogP contribution in [0, 0.1) is 0 Å². The highest BCUT2D eigenvalue weighted by Gasteiger charge is 2.39. The Kier molecular flexibility index (Phi) is 9.25. The van der Waals surface area contributed by atoms with Gasteiger partial charge in [0.15, 0.2) is 0 Å². The Labute approximate surface area is 185 Å². The van der Waals surface area contributed by atoms with Crippen molar-refractivity contribution in [3.05, 3.63) is 64.7 Å². The van der Waals surface area contributed by atoms with Gasteiger partial charge in [0.25, 0.3) is 0 Å². The van der Waals surface area contributed by atoms with Crippen molar-refractivity contribution in [3.8, 4) is 5.75 Å². The minimum absolute atomic E-state index is 0. The molecule has 2 aromatic rings. The highest BCUT2D eigenvalue weighted by Crippen LogP contribution is 2.42. The summed E-state index contributed by atoms with van der Waals surface area (Å²) in [4.78, 5) is 2.38. The van der Waals surface area contributed by atoms with Crippen LogP contribution in [0.3, 0.4) is 0 Å². The fraction of sp³-hybridized carbons (Fsp3) is 0.478. The molecule has 1 fully saturated rings. The molecule has 29 heavy (non-hydrogen) atoms. The third-order valence-corrected chi connectivity index (χ3v) is 5.87. The molecule has 0 radical (unpaired) electrons. The van der Waals surface area contributed by atoms with Crippen LogP contribution in [-0.4, -0.2) is 50.0 Å². The average molecular weight is 439 g/mol. The zero-order valence-corrected chi connectivity index (χ0v) is 18.6. The molecule has 0 spiro atoms. The van der Waals surface area contributed by atoms with Gasteiger partial charge in [-0.2, -0.15) is 0 Å². The van der Waals surface area contributed by atoms with Crippen LogP contribution in [0.2, 0.25) is 5.02 Å². The van der Waals surface area contributed by atoms with Crippen molar-refractivity contribution >= 4 is 11.6 Å². The van der Waals surface area contributed by atoms with Crippen LogP contribution in [0.1, 0.15) is 36.8 Å². The topological polar surface area (TPSA) is 41.9 Å². The van der Waals surface area contributed by atoms with Crippen LogP contribution in [0.4, 0.5) is 0 Å².